The van der Waals surface area contributed by atoms with E-state index in [1.165, 1.54) is 96.3 Å². The maximum Gasteiger partial charge on any atom is 0.164 e. The summed E-state index contributed by atoms with van der Waals surface area (Å²) in [6, 6.07) is 0. The van der Waals surface area contributed by atoms with Crippen LogP contribution in [0.3, 0.4) is 0 Å². The molecular weight excluding hydrogens is 368 g/mol. The van der Waals surface area contributed by atoms with E-state index in [4.69, 9.17) is 4.74 Å². The Bertz CT molecular complexity index is 513. The molecule has 0 heterocycles. The normalized spacial score (nSPS) is 40.1. The largest absolute Gasteiger partial charge is 0.373 e. The van der Waals surface area contributed by atoms with Gasteiger partial charge in [-0.15, -0.1) is 0 Å². The summed E-state index contributed by atoms with van der Waals surface area (Å²) in [6.07, 6.45) is 22.9. The Kier molecular flexibility index (Phi) is 8.34. The minimum Gasteiger partial charge on any atom is -0.373 e. The molecule has 172 valence electrons. The predicted octanol–water partition coefficient (Wildman–Crippen LogP) is 7.59. The number of methoxy groups -OCH3 is 1. The quantitative estimate of drug-likeness (QED) is 0.446. The van der Waals surface area contributed by atoms with E-state index >= 15 is 0 Å². The number of carbonyl (C=O) groups is 1. The minimum absolute atomic E-state index is 0.116. The van der Waals surface area contributed by atoms with Crippen molar-refractivity contribution in [2.24, 2.45) is 41.4 Å². The van der Waals surface area contributed by atoms with Crippen molar-refractivity contribution in [2.45, 2.75) is 122 Å². The van der Waals surface area contributed by atoms with Crippen LogP contribution in [0.2, 0.25) is 0 Å². The fraction of sp³-hybridized carbons (Fsp3) is 0.964. The Morgan fingerprint density at radius 3 is 1.63 bits per heavy atom. The number of hydrogen-bond acceptors (Lipinski definition) is 2. The zero-order chi connectivity index (χ0) is 20.9. The number of ketones is 1. The molecule has 30 heavy (non-hydrogen) atoms. The molecule has 1 unspecified atom stereocenters. The molecule has 0 aromatic rings. The zero-order valence-corrected chi connectivity index (χ0v) is 20.0. The molecular formula is C28H48O2. The fourth-order valence-electron chi connectivity index (χ4n) is 7.93. The topological polar surface area (TPSA) is 26.3 Å². The van der Waals surface area contributed by atoms with Crippen molar-refractivity contribution >= 4 is 5.78 Å². The van der Waals surface area contributed by atoms with Crippen molar-refractivity contribution in [2.75, 3.05) is 7.11 Å². The highest BCUT2D eigenvalue weighted by atomic mass is 16.5. The first-order valence-electron chi connectivity index (χ1n) is 13.7. The molecule has 0 N–H and O–H groups in total. The lowest BCUT2D eigenvalue weighted by Gasteiger charge is -2.40. The molecule has 0 aliphatic heterocycles. The van der Waals surface area contributed by atoms with Crippen LogP contribution in [-0.2, 0) is 9.53 Å². The average molecular weight is 417 g/mol. The Hall–Kier alpha value is -0.370. The molecule has 4 aliphatic carbocycles. The van der Waals surface area contributed by atoms with Gasteiger partial charge in [0.25, 0.3) is 0 Å². The van der Waals surface area contributed by atoms with Crippen molar-refractivity contribution in [1.82, 2.24) is 0 Å². The first kappa shape index (κ1) is 22.8. The Labute approximate surface area is 186 Å². The van der Waals surface area contributed by atoms with Gasteiger partial charge in [0.15, 0.2) is 5.78 Å². The van der Waals surface area contributed by atoms with E-state index in [9.17, 15) is 4.79 Å². The molecule has 4 fully saturated rings. The molecule has 0 aromatic heterocycles. The van der Waals surface area contributed by atoms with Crippen LogP contribution in [0, 0.1) is 41.4 Å². The number of Topliss-reactive ketones (excluding diaryl/α,β-unsaturated/α-hetero) is 1. The molecule has 0 radical (unpaired) electrons. The Morgan fingerprint density at radius 1 is 0.633 bits per heavy atom. The third-order valence-corrected chi connectivity index (χ3v) is 10.00. The number of hydrogen-bond donors (Lipinski definition) is 0. The van der Waals surface area contributed by atoms with E-state index in [-0.39, 0.29) is 12.0 Å². The molecule has 0 bridgehead atoms. The van der Waals surface area contributed by atoms with Gasteiger partial charge in [-0.3, -0.25) is 4.79 Å². The lowest BCUT2D eigenvalue weighted by molar-refractivity contribution is -0.138. The molecule has 0 aromatic carbocycles. The molecule has 0 spiro atoms. The van der Waals surface area contributed by atoms with E-state index in [0.29, 0.717) is 11.7 Å². The molecule has 4 rings (SSSR count). The van der Waals surface area contributed by atoms with Crippen molar-refractivity contribution in [3.8, 4) is 0 Å². The Balaban J connectivity index is 1.23. The van der Waals surface area contributed by atoms with Gasteiger partial charge in [0.2, 0.25) is 0 Å². The highest BCUT2D eigenvalue weighted by Crippen LogP contribution is 2.44. The summed E-state index contributed by atoms with van der Waals surface area (Å²) in [5, 5.41) is 0. The zero-order valence-electron chi connectivity index (χ0n) is 20.0. The van der Waals surface area contributed by atoms with Crippen molar-refractivity contribution in [1.29, 1.82) is 0 Å². The summed E-state index contributed by atoms with van der Waals surface area (Å²) in [6.45, 7) is 2.42. The van der Waals surface area contributed by atoms with Crippen LogP contribution >= 0.6 is 0 Å². The summed E-state index contributed by atoms with van der Waals surface area (Å²) >= 11 is 0. The summed E-state index contributed by atoms with van der Waals surface area (Å²) in [7, 11) is 1.80. The second-order valence-corrected chi connectivity index (χ2v) is 11.8. The number of rotatable bonds is 6. The monoisotopic (exact) mass is 416 g/mol. The lowest BCUT2D eigenvalue weighted by Crippen LogP contribution is -2.40. The second kappa shape index (κ2) is 11.0. The van der Waals surface area contributed by atoms with E-state index in [1.54, 1.807) is 7.11 Å². The molecule has 2 heteroatoms. The van der Waals surface area contributed by atoms with Crippen LogP contribution in [0.15, 0.2) is 0 Å². The van der Waals surface area contributed by atoms with Crippen LogP contribution < -0.4 is 0 Å². The number of carbonyl (C=O) groups excluding carboxylic acids is 1. The third-order valence-electron chi connectivity index (χ3n) is 10.00. The van der Waals surface area contributed by atoms with Crippen LogP contribution in [0.1, 0.15) is 116 Å². The van der Waals surface area contributed by atoms with Gasteiger partial charge in [-0.2, -0.15) is 0 Å². The van der Waals surface area contributed by atoms with Crippen LogP contribution in [0.5, 0.6) is 0 Å². The van der Waals surface area contributed by atoms with E-state index in [2.05, 4.69) is 6.92 Å². The van der Waals surface area contributed by atoms with E-state index < -0.39 is 0 Å². The maximum atomic E-state index is 13.4. The van der Waals surface area contributed by atoms with Gasteiger partial charge < -0.3 is 4.74 Å². The van der Waals surface area contributed by atoms with Gasteiger partial charge >= 0.3 is 0 Å². The van der Waals surface area contributed by atoms with Crippen LogP contribution in [0.4, 0.5) is 0 Å². The van der Waals surface area contributed by atoms with Crippen molar-refractivity contribution in [3.05, 3.63) is 0 Å². The Morgan fingerprint density at radius 2 is 1.10 bits per heavy atom. The van der Waals surface area contributed by atoms with Crippen molar-refractivity contribution in [3.63, 3.8) is 0 Å². The maximum absolute atomic E-state index is 13.4. The van der Waals surface area contributed by atoms with E-state index in [0.717, 1.165) is 42.4 Å². The smallest absolute Gasteiger partial charge is 0.164 e. The summed E-state index contributed by atoms with van der Waals surface area (Å²) in [5.41, 5.74) is 0. The molecule has 1 atom stereocenters. The van der Waals surface area contributed by atoms with Gasteiger partial charge in [0, 0.05) is 13.0 Å². The highest BCUT2D eigenvalue weighted by Gasteiger charge is 2.39. The average Bonchev–Trinajstić information content (AvgIpc) is 2.81. The summed E-state index contributed by atoms with van der Waals surface area (Å²) < 4.78 is 5.89. The van der Waals surface area contributed by atoms with Gasteiger partial charge in [-0.25, -0.2) is 0 Å². The third kappa shape index (κ3) is 5.51. The first-order valence-corrected chi connectivity index (χ1v) is 13.7. The standard InChI is InChI=1S/C28H48O2/c1-20-8-10-22(11-9-20)24-12-16-25(17-13-24)27(29)28(30-2)26-18-14-23(15-19-26)21-6-4-3-5-7-21/h20-26,28H,3-19H2,1-2H3. The van der Waals surface area contributed by atoms with Gasteiger partial charge in [-0.1, -0.05) is 51.9 Å². The SMILES string of the molecule is COC(C(=O)C1CCC(C2CCC(C)CC2)CC1)C1CCC(C2CCCCC2)CC1. The van der Waals surface area contributed by atoms with Crippen LogP contribution in [-0.4, -0.2) is 19.0 Å². The fourth-order valence-corrected chi connectivity index (χ4v) is 7.93. The van der Waals surface area contributed by atoms with Gasteiger partial charge in [-0.05, 0) is 99.7 Å². The first-order chi connectivity index (χ1) is 14.7. The second-order valence-electron chi connectivity index (χ2n) is 11.8. The molecule has 0 saturated heterocycles. The number of ether oxygens (including phenoxy) is 1. The predicted molar refractivity (Wildman–Crippen MR) is 124 cm³/mol. The molecule has 2 nitrogen and oxygen atoms in total. The summed E-state index contributed by atoms with van der Waals surface area (Å²) in [4.78, 5) is 13.4. The molecule has 4 saturated carbocycles. The molecule has 4 aliphatic rings. The van der Waals surface area contributed by atoms with Crippen LogP contribution in [0.25, 0.3) is 0 Å². The van der Waals surface area contributed by atoms with Crippen molar-refractivity contribution < 1.29 is 9.53 Å². The minimum atomic E-state index is -0.116. The van der Waals surface area contributed by atoms with E-state index in [1.807, 2.05) is 0 Å². The molecule has 0 amide bonds. The van der Waals surface area contributed by atoms with Gasteiger partial charge in [0.1, 0.15) is 6.10 Å². The highest BCUT2D eigenvalue weighted by molar-refractivity contribution is 5.85. The van der Waals surface area contributed by atoms with Gasteiger partial charge in [0.05, 0.1) is 0 Å². The lowest BCUT2D eigenvalue weighted by atomic mass is 9.67. The summed E-state index contributed by atoms with van der Waals surface area (Å²) in [5.74, 6) is 5.94.